The number of rotatable bonds is 3. The molecule has 0 aliphatic rings. The summed E-state index contributed by atoms with van der Waals surface area (Å²) in [5.41, 5.74) is 5.97. The molecule has 2 rings (SSSR count). The van der Waals surface area contributed by atoms with Gasteiger partial charge in [0.1, 0.15) is 4.88 Å². The molecule has 0 saturated carbocycles. The maximum Gasteiger partial charge on any atom is 0.266 e. The molecule has 1 amide bonds. The van der Waals surface area contributed by atoms with Crippen molar-refractivity contribution in [3.8, 4) is 0 Å². The summed E-state index contributed by atoms with van der Waals surface area (Å²) < 4.78 is 0.999. The minimum atomic E-state index is -0.611. The molecular weight excluding hydrogens is 260 g/mol. The highest BCUT2D eigenvalue weighted by molar-refractivity contribution is 7.21. The van der Waals surface area contributed by atoms with Gasteiger partial charge in [0.25, 0.3) is 5.91 Å². The molecule has 0 saturated heterocycles. The third kappa shape index (κ3) is 2.31. The van der Waals surface area contributed by atoms with Crippen molar-refractivity contribution >= 4 is 33.0 Å². The van der Waals surface area contributed by atoms with E-state index in [-0.39, 0.29) is 12.5 Å². The van der Waals surface area contributed by atoms with E-state index in [0.29, 0.717) is 10.6 Å². The van der Waals surface area contributed by atoms with E-state index in [0.717, 1.165) is 10.1 Å². The first-order valence-corrected chi connectivity index (χ1v) is 6.86. The van der Waals surface area contributed by atoms with Gasteiger partial charge in [-0.15, -0.1) is 11.3 Å². The zero-order valence-electron chi connectivity index (χ0n) is 11.3. The monoisotopic (exact) mass is 278 g/mol. The van der Waals surface area contributed by atoms with E-state index in [4.69, 9.17) is 5.73 Å². The normalized spacial score (nSPS) is 11.8. The lowest BCUT2D eigenvalue weighted by Gasteiger charge is -2.33. The highest BCUT2D eigenvalue weighted by atomic mass is 32.1. The number of hydrogen-bond acceptors (Lipinski definition) is 4. The number of amides is 1. The SMILES string of the molecule is CN(C(=O)c1sc2ccccc2c1N)C(C)(C)CO. The number of carbonyl (C=O) groups is 1. The summed E-state index contributed by atoms with van der Waals surface area (Å²) in [7, 11) is 1.68. The van der Waals surface area contributed by atoms with Gasteiger partial charge in [0, 0.05) is 17.1 Å². The van der Waals surface area contributed by atoms with Crippen molar-refractivity contribution < 1.29 is 9.90 Å². The number of hydrogen-bond donors (Lipinski definition) is 2. The molecule has 0 bridgehead atoms. The van der Waals surface area contributed by atoms with Crippen molar-refractivity contribution in [2.24, 2.45) is 0 Å². The van der Waals surface area contributed by atoms with Gasteiger partial charge >= 0.3 is 0 Å². The number of likely N-dealkylation sites (N-methyl/N-ethyl adjacent to an activating group) is 1. The standard InChI is InChI=1S/C14H18N2O2S/c1-14(2,8-17)16(3)13(18)12-11(15)9-6-4-5-7-10(9)19-12/h4-7,17H,8,15H2,1-3H3. The van der Waals surface area contributed by atoms with Crippen LogP contribution in [0.2, 0.25) is 0 Å². The van der Waals surface area contributed by atoms with Crippen LogP contribution in [0.4, 0.5) is 5.69 Å². The average molecular weight is 278 g/mol. The first kappa shape index (κ1) is 13.8. The fourth-order valence-corrected chi connectivity index (χ4v) is 2.86. The summed E-state index contributed by atoms with van der Waals surface area (Å²) in [4.78, 5) is 14.6. The lowest BCUT2D eigenvalue weighted by Crippen LogP contribution is -2.47. The predicted octanol–water partition coefficient (Wildman–Crippen LogP) is 2.33. The van der Waals surface area contributed by atoms with E-state index in [1.54, 1.807) is 7.05 Å². The number of thiophene rings is 1. The van der Waals surface area contributed by atoms with Gasteiger partial charge in [-0.3, -0.25) is 4.79 Å². The number of nitrogens with two attached hydrogens (primary N) is 1. The summed E-state index contributed by atoms with van der Waals surface area (Å²) in [5, 5.41) is 10.3. The van der Waals surface area contributed by atoms with Crippen LogP contribution in [-0.2, 0) is 0 Å². The summed E-state index contributed by atoms with van der Waals surface area (Å²) in [6.07, 6.45) is 0. The van der Waals surface area contributed by atoms with Crippen LogP contribution in [0, 0.1) is 0 Å². The smallest absolute Gasteiger partial charge is 0.266 e. The van der Waals surface area contributed by atoms with Crippen LogP contribution in [0.15, 0.2) is 24.3 Å². The number of anilines is 1. The van der Waals surface area contributed by atoms with Crippen LogP contribution in [-0.4, -0.2) is 35.1 Å². The molecule has 5 heteroatoms. The van der Waals surface area contributed by atoms with Gasteiger partial charge in [0.15, 0.2) is 0 Å². The topological polar surface area (TPSA) is 66.6 Å². The molecule has 3 N–H and O–H groups in total. The van der Waals surface area contributed by atoms with Crippen LogP contribution >= 0.6 is 11.3 Å². The van der Waals surface area contributed by atoms with Crippen LogP contribution in [0.25, 0.3) is 10.1 Å². The Bertz CT molecular complexity index is 619. The molecule has 0 fully saturated rings. The summed E-state index contributed by atoms with van der Waals surface area (Å²) in [6.45, 7) is 3.53. The molecule has 1 heterocycles. The highest BCUT2D eigenvalue weighted by Gasteiger charge is 2.30. The largest absolute Gasteiger partial charge is 0.397 e. The number of benzene rings is 1. The third-order valence-electron chi connectivity index (χ3n) is 3.43. The van der Waals surface area contributed by atoms with Gasteiger partial charge in [-0.1, -0.05) is 18.2 Å². The first-order valence-electron chi connectivity index (χ1n) is 6.04. The van der Waals surface area contributed by atoms with Gasteiger partial charge < -0.3 is 15.7 Å². The summed E-state index contributed by atoms with van der Waals surface area (Å²) in [6, 6.07) is 7.69. The van der Waals surface area contributed by atoms with Crippen molar-refractivity contribution in [1.29, 1.82) is 0 Å². The molecule has 2 aromatic rings. The second-order valence-electron chi connectivity index (χ2n) is 5.18. The van der Waals surface area contributed by atoms with E-state index < -0.39 is 5.54 Å². The maximum absolute atomic E-state index is 12.5. The highest BCUT2D eigenvalue weighted by Crippen LogP contribution is 2.34. The molecule has 1 aromatic heterocycles. The Hall–Kier alpha value is -1.59. The van der Waals surface area contributed by atoms with Crippen molar-refractivity contribution in [1.82, 2.24) is 4.90 Å². The quantitative estimate of drug-likeness (QED) is 0.905. The zero-order chi connectivity index (χ0) is 14.2. The number of carbonyl (C=O) groups excluding carboxylic acids is 1. The molecule has 0 aliphatic carbocycles. The molecule has 1 aromatic carbocycles. The minimum Gasteiger partial charge on any atom is -0.397 e. The predicted molar refractivity (Wildman–Crippen MR) is 79.5 cm³/mol. The van der Waals surface area contributed by atoms with Crippen LogP contribution in [0.1, 0.15) is 23.5 Å². The molecule has 19 heavy (non-hydrogen) atoms. The number of aliphatic hydroxyl groups is 1. The van der Waals surface area contributed by atoms with Gasteiger partial charge in [0.2, 0.25) is 0 Å². The lowest BCUT2D eigenvalue weighted by molar-refractivity contribution is 0.0479. The number of aliphatic hydroxyl groups excluding tert-OH is 1. The number of nitrogens with zero attached hydrogens (tertiary/aromatic N) is 1. The van der Waals surface area contributed by atoms with E-state index in [9.17, 15) is 9.90 Å². The summed E-state index contributed by atoms with van der Waals surface area (Å²) in [5.74, 6) is -0.155. The molecule has 4 nitrogen and oxygen atoms in total. The molecule has 0 aliphatic heterocycles. The van der Waals surface area contributed by atoms with E-state index >= 15 is 0 Å². The second-order valence-corrected chi connectivity index (χ2v) is 6.23. The average Bonchev–Trinajstić information content (AvgIpc) is 2.75. The van der Waals surface area contributed by atoms with Crippen LogP contribution in [0.3, 0.4) is 0 Å². The molecule has 0 radical (unpaired) electrons. The van der Waals surface area contributed by atoms with E-state index in [1.807, 2.05) is 38.1 Å². The molecule has 0 atom stereocenters. The molecule has 0 spiro atoms. The number of nitrogen functional groups attached to an aromatic ring is 1. The van der Waals surface area contributed by atoms with Gasteiger partial charge in [-0.05, 0) is 19.9 Å². The molecular formula is C14H18N2O2S. The molecule has 102 valence electrons. The minimum absolute atomic E-state index is 0.0972. The second kappa shape index (κ2) is 4.83. The van der Waals surface area contributed by atoms with Gasteiger partial charge in [0.05, 0.1) is 17.8 Å². The van der Waals surface area contributed by atoms with Gasteiger partial charge in [-0.25, -0.2) is 0 Å². The van der Waals surface area contributed by atoms with E-state index in [2.05, 4.69) is 0 Å². The van der Waals surface area contributed by atoms with Crippen molar-refractivity contribution in [2.75, 3.05) is 19.4 Å². The Morgan fingerprint density at radius 2 is 2.05 bits per heavy atom. The maximum atomic E-state index is 12.5. The van der Waals surface area contributed by atoms with Crippen molar-refractivity contribution in [3.05, 3.63) is 29.1 Å². The Morgan fingerprint density at radius 1 is 1.42 bits per heavy atom. The summed E-state index contributed by atoms with van der Waals surface area (Å²) >= 11 is 1.39. The van der Waals surface area contributed by atoms with Crippen molar-refractivity contribution in [2.45, 2.75) is 19.4 Å². The molecule has 0 unspecified atom stereocenters. The van der Waals surface area contributed by atoms with Crippen LogP contribution in [0.5, 0.6) is 0 Å². The first-order chi connectivity index (χ1) is 8.88. The Morgan fingerprint density at radius 3 is 2.63 bits per heavy atom. The van der Waals surface area contributed by atoms with Crippen molar-refractivity contribution in [3.63, 3.8) is 0 Å². The Kier molecular flexibility index (Phi) is 3.52. The lowest BCUT2D eigenvalue weighted by atomic mass is 10.0. The fourth-order valence-electron chi connectivity index (χ4n) is 1.76. The Balaban J connectivity index is 2.45. The fraction of sp³-hybridized carbons (Fsp3) is 0.357. The van der Waals surface area contributed by atoms with E-state index in [1.165, 1.54) is 16.2 Å². The van der Waals surface area contributed by atoms with Crippen LogP contribution < -0.4 is 5.73 Å². The third-order valence-corrected chi connectivity index (χ3v) is 4.60. The number of fused-ring (bicyclic) bond motifs is 1. The Labute approximate surface area is 116 Å². The van der Waals surface area contributed by atoms with Gasteiger partial charge in [-0.2, -0.15) is 0 Å². The zero-order valence-corrected chi connectivity index (χ0v) is 12.1.